The van der Waals surface area contributed by atoms with Gasteiger partial charge in [0.1, 0.15) is 0 Å². The van der Waals surface area contributed by atoms with Crippen LogP contribution in [0.2, 0.25) is 0 Å². The molecule has 0 aliphatic carbocycles. The topological polar surface area (TPSA) is 23.9 Å². The number of nitrogens with one attached hydrogen (secondary N) is 1. The number of alkyl halides is 1. The first-order chi connectivity index (χ1) is 6.33. The van der Waals surface area contributed by atoms with E-state index in [9.17, 15) is 0 Å². The van der Waals surface area contributed by atoms with Crippen molar-refractivity contribution in [2.24, 2.45) is 0 Å². The van der Waals surface area contributed by atoms with Crippen LogP contribution in [0.1, 0.15) is 18.4 Å². The van der Waals surface area contributed by atoms with Crippen LogP contribution in [-0.2, 0) is 6.42 Å². The summed E-state index contributed by atoms with van der Waals surface area (Å²) in [4.78, 5) is 0. The highest BCUT2D eigenvalue weighted by Gasteiger charge is 1.99. The zero-order valence-corrected chi connectivity index (χ0v) is 8.30. The monoisotopic (exact) mass is 195 g/mol. The highest BCUT2D eigenvalue weighted by atomic mass is 35.5. The zero-order chi connectivity index (χ0) is 9.52. The Morgan fingerprint density at radius 3 is 2.62 bits per heavy atom. The van der Waals surface area contributed by atoms with Crippen LogP contribution in [0.5, 0.6) is 0 Å². The molecular formula is C11H14ClN. The van der Waals surface area contributed by atoms with Gasteiger partial charge in [0.05, 0.1) is 5.38 Å². The standard InChI is InChI=1S/C11H14ClN/c12-11(9-13)8-4-7-10-5-2-1-3-6-10/h1-3,5-6,9,11,13H,4,7-8H2. The van der Waals surface area contributed by atoms with E-state index in [-0.39, 0.29) is 5.38 Å². The largest absolute Gasteiger partial charge is 0.312 e. The van der Waals surface area contributed by atoms with Gasteiger partial charge in [-0.3, -0.25) is 0 Å². The lowest BCUT2D eigenvalue weighted by Gasteiger charge is -2.02. The molecule has 13 heavy (non-hydrogen) atoms. The Morgan fingerprint density at radius 1 is 1.31 bits per heavy atom. The lowest BCUT2D eigenvalue weighted by Crippen LogP contribution is -1.99. The maximum absolute atomic E-state index is 6.93. The predicted molar refractivity (Wildman–Crippen MR) is 57.8 cm³/mol. The molecule has 0 spiro atoms. The molecule has 0 radical (unpaired) electrons. The van der Waals surface area contributed by atoms with E-state index in [0.717, 1.165) is 19.3 Å². The Morgan fingerprint density at radius 2 is 2.00 bits per heavy atom. The number of halogens is 1. The second-order valence-electron chi connectivity index (χ2n) is 3.06. The fourth-order valence-corrected chi connectivity index (χ4v) is 1.38. The van der Waals surface area contributed by atoms with E-state index in [1.807, 2.05) is 18.2 Å². The van der Waals surface area contributed by atoms with E-state index in [0.29, 0.717) is 0 Å². The SMILES string of the molecule is N=CC(Cl)CCCc1ccccc1. The number of hydrogen-bond acceptors (Lipinski definition) is 1. The van der Waals surface area contributed by atoms with E-state index in [1.165, 1.54) is 11.8 Å². The molecular weight excluding hydrogens is 182 g/mol. The summed E-state index contributed by atoms with van der Waals surface area (Å²) in [6.07, 6.45) is 4.29. The molecule has 1 nitrogen and oxygen atoms in total. The third kappa shape index (κ3) is 4.09. The van der Waals surface area contributed by atoms with E-state index in [1.54, 1.807) is 0 Å². The van der Waals surface area contributed by atoms with Gasteiger partial charge < -0.3 is 5.41 Å². The van der Waals surface area contributed by atoms with Crippen LogP contribution in [0.25, 0.3) is 0 Å². The van der Waals surface area contributed by atoms with Crippen molar-refractivity contribution in [3.63, 3.8) is 0 Å². The van der Waals surface area contributed by atoms with Crippen LogP contribution >= 0.6 is 11.6 Å². The molecule has 0 saturated carbocycles. The highest BCUT2D eigenvalue weighted by Crippen LogP contribution is 2.08. The van der Waals surface area contributed by atoms with Crippen LogP contribution in [0.4, 0.5) is 0 Å². The maximum Gasteiger partial charge on any atom is 0.0681 e. The second kappa shape index (κ2) is 5.76. The number of benzene rings is 1. The first-order valence-electron chi connectivity index (χ1n) is 4.51. The van der Waals surface area contributed by atoms with Crippen LogP contribution in [-0.4, -0.2) is 11.6 Å². The molecule has 1 N–H and O–H groups in total. The Balaban J connectivity index is 2.24. The van der Waals surface area contributed by atoms with Crippen molar-refractivity contribution in [2.75, 3.05) is 0 Å². The van der Waals surface area contributed by atoms with Crippen LogP contribution in [0.3, 0.4) is 0 Å². The summed E-state index contributed by atoms with van der Waals surface area (Å²) >= 11 is 5.79. The third-order valence-electron chi connectivity index (χ3n) is 1.97. The van der Waals surface area contributed by atoms with Crippen molar-refractivity contribution < 1.29 is 0 Å². The molecule has 1 atom stereocenters. The minimum Gasteiger partial charge on any atom is -0.312 e. The smallest absolute Gasteiger partial charge is 0.0681 e. The maximum atomic E-state index is 6.93. The quantitative estimate of drug-likeness (QED) is 0.551. The van der Waals surface area contributed by atoms with Gasteiger partial charge in [0.25, 0.3) is 0 Å². The van der Waals surface area contributed by atoms with E-state index in [4.69, 9.17) is 17.0 Å². The van der Waals surface area contributed by atoms with Gasteiger partial charge in [-0.2, -0.15) is 0 Å². The Hall–Kier alpha value is -0.820. The van der Waals surface area contributed by atoms with E-state index in [2.05, 4.69) is 12.1 Å². The van der Waals surface area contributed by atoms with Gasteiger partial charge in [0.15, 0.2) is 0 Å². The summed E-state index contributed by atoms with van der Waals surface area (Å²) < 4.78 is 0. The van der Waals surface area contributed by atoms with Gasteiger partial charge in [0, 0.05) is 6.21 Å². The normalized spacial score (nSPS) is 12.4. The van der Waals surface area contributed by atoms with Crippen LogP contribution in [0, 0.1) is 5.41 Å². The molecule has 1 aromatic carbocycles. The summed E-state index contributed by atoms with van der Waals surface area (Å²) in [5.41, 5.74) is 1.34. The molecule has 0 fully saturated rings. The fraction of sp³-hybridized carbons (Fsp3) is 0.364. The molecule has 70 valence electrons. The molecule has 1 aromatic rings. The summed E-state index contributed by atoms with van der Waals surface area (Å²) in [7, 11) is 0. The van der Waals surface area contributed by atoms with Gasteiger partial charge in [-0.1, -0.05) is 30.3 Å². The molecule has 0 aromatic heterocycles. The summed E-state index contributed by atoms with van der Waals surface area (Å²) in [5.74, 6) is 0. The lowest BCUT2D eigenvalue weighted by atomic mass is 10.1. The summed E-state index contributed by atoms with van der Waals surface area (Å²) in [6, 6.07) is 10.3. The molecule has 0 bridgehead atoms. The van der Waals surface area contributed by atoms with Crippen molar-refractivity contribution in [3.8, 4) is 0 Å². The average molecular weight is 196 g/mol. The van der Waals surface area contributed by atoms with Crippen molar-refractivity contribution in [2.45, 2.75) is 24.6 Å². The molecule has 0 aliphatic heterocycles. The third-order valence-corrected chi connectivity index (χ3v) is 2.31. The van der Waals surface area contributed by atoms with Crippen molar-refractivity contribution in [1.82, 2.24) is 0 Å². The molecule has 0 heterocycles. The molecule has 0 aliphatic rings. The van der Waals surface area contributed by atoms with Crippen LogP contribution in [0.15, 0.2) is 30.3 Å². The summed E-state index contributed by atoms with van der Waals surface area (Å²) in [5, 5.41) is 6.84. The molecule has 1 rings (SSSR count). The first kappa shape index (κ1) is 10.3. The van der Waals surface area contributed by atoms with Gasteiger partial charge in [-0.25, -0.2) is 0 Å². The van der Waals surface area contributed by atoms with Gasteiger partial charge in [-0.05, 0) is 24.8 Å². The van der Waals surface area contributed by atoms with Crippen molar-refractivity contribution in [1.29, 1.82) is 5.41 Å². The molecule has 0 amide bonds. The van der Waals surface area contributed by atoms with Crippen LogP contribution < -0.4 is 0 Å². The van der Waals surface area contributed by atoms with E-state index < -0.39 is 0 Å². The lowest BCUT2D eigenvalue weighted by molar-refractivity contribution is 0.769. The zero-order valence-electron chi connectivity index (χ0n) is 7.54. The van der Waals surface area contributed by atoms with Crippen molar-refractivity contribution >= 4 is 17.8 Å². The predicted octanol–water partition coefficient (Wildman–Crippen LogP) is 3.27. The fourth-order valence-electron chi connectivity index (χ4n) is 1.23. The minimum atomic E-state index is -0.0938. The Bertz CT molecular complexity index is 246. The Kier molecular flexibility index (Phi) is 4.55. The van der Waals surface area contributed by atoms with Crippen molar-refractivity contribution in [3.05, 3.63) is 35.9 Å². The first-order valence-corrected chi connectivity index (χ1v) is 4.95. The summed E-state index contributed by atoms with van der Waals surface area (Å²) in [6.45, 7) is 0. The number of hydrogen-bond donors (Lipinski definition) is 1. The van der Waals surface area contributed by atoms with Gasteiger partial charge >= 0.3 is 0 Å². The number of aryl methyl sites for hydroxylation is 1. The minimum absolute atomic E-state index is 0.0938. The average Bonchev–Trinajstić information content (AvgIpc) is 2.19. The second-order valence-corrected chi connectivity index (χ2v) is 3.62. The number of rotatable bonds is 5. The molecule has 1 unspecified atom stereocenters. The molecule has 0 saturated heterocycles. The highest BCUT2D eigenvalue weighted by molar-refractivity contribution is 6.27. The van der Waals surface area contributed by atoms with Gasteiger partial charge in [-0.15, -0.1) is 11.6 Å². The van der Waals surface area contributed by atoms with E-state index >= 15 is 0 Å². The van der Waals surface area contributed by atoms with Gasteiger partial charge in [0.2, 0.25) is 0 Å². The molecule has 2 heteroatoms. The Labute approximate surface area is 84.2 Å².